The van der Waals surface area contributed by atoms with Gasteiger partial charge in [-0.05, 0) is 17.9 Å². The summed E-state index contributed by atoms with van der Waals surface area (Å²) in [5, 5.41) is 0. The van der Waals surface area contributed by atoms with Crippen molar-refractivity contribution in [2.75, 3.05) is 35.5 Å². The number of hydrogen-bond donors (Lipinski definition) is 0. The molecule has 0 amide bonds. The van der Waals surface area contributed by atoms with Gasteiger partial charge < -0.3 is 34.5 Å². The van der Waals surface area contributed by atoms with Gasteiger partial charge in [0.05, 0.1) is 0 Å². The molecule has 0 spiro atoms. The highest BCUT2D eigenvalue weighted by Gasteiger charge is 2.56. The molecular formula is C13H30O8Si4. The Bertz CT molecular complexity index is 463. The van der Waals surface area contributed by atoms with E-state index in [-0.39, 0.29) is 0 Å². The van der Waals surface area contributed by atoms with Crippen molar-refractivity contribution in [1.29, 1.82) is 0 Å². The highest BCUT2D eigenvalue weighted by molar-refractivity contribution is 6.87. The molecule has 8 nitrogen and oxygen atoms in total. The molecule has 0 bridgehead atoms. The van der Waals surface area contributed by atoms with E-state index < -0.39 is 35.0 Å². The molecule has 12 heteroatoms. The minimum absolute atomic E-state index is 1.45. The summed E-state index contributed by atoms with van der Waals surface area (Å²) in [6.45, 7) is 14.8. The fraction of sp³-hybridized carbons (Fsp3) is 0.538. The van der Waals surface area contributed by atoms with Crippen molar-refractivity contribution < 1.29 is 34.5 Å². The molecule has 0 radical (unpaired) electrons. The van der Waals surface area contributed by atoms with Gasteiger partial charge in [0.15, 0.2) is 0 Å². The summed E-state index contributed by atoms with van der Waals surface area (Å²) in [5.74, 6) is 0. The lowest BCUT2D eigenvalue weighted by atomic mass is 11.3. The summed E-state index contributed by atoms with van der Waals surface area (Å²) in [7, 11) is -5.18. The molecule has 3 unspecified atom stereocenters. The summed E-state index contributed by atoms with van der Waals surface area (Å²) in [5.41, 5.74) is 4.58. The molecule has 0 rings (SSSR count). The van der Waals surface area contributed by atoms with Crippen LogP contribution < -0.4 is 0 Å². The topological polar surface area (TPSA) is 73.8 Å². The van der Waals surface area contributed by atoms with Gasteiger partial charge in [-0.25, -0.2) is 0 Å². The second-order valence-electron chi connectivity index (χ2n) is 5.02. The van der Waals surface area contributed by atoms with E-state index in [0.29, 0.717) is 0 Å². The lowest BCUT2D eigenvalue weighted by molar-refractivity contribution is 0.0935. The highest BCUT2D eigenvalue weighted by Crippen LogP contribution is 2.26. The first-order valence-electron chi connectivity index (χ1n) is 7.38. The standard InChI is InChI=1S/C13H30O8Si4/c1-11-22(9,14-4)19-23(10,15-5)20-25(13-3,18-8)21-24(12-2,16-6)17-7/h11-13H,1-3H2,4-10H3. The molecule has 146 valence electrons. The molecule has 0 saturated carbocycles. The maximum atomic E-state index is 6.14. The average molecular weight is 427 g/mol. The summed E-state index contributed by atoms with van der Waals surface area (Å²) in [4.78, 5) is 0. The van der Waals surface area contributed by atoms with Gasteiger partial charge in [0.25, 0.3) is 0 Å². The van der Waals surface area contributed by atoms with Crippen molar-refractivity contribution in [2.24, 2.45) is 0 Å². The van der Waals surface area contributed by atoms with Crippen molar-refractivity contribution in [2.45, 2.75) is 13.1 Å². The van der Waals surface area contributed by atoms with E-state index in [1.54, 1.807) is 19.4 Å². The van der Waals surface area contributed by atoms with E-state index in [2.05, 4.69) is 19.7 Å². The predicted octanol–water partition coefficient (Wildman–Crippen LogP) is 1.96. The molecule has 0 aromatic carbocycles. The van der Waals surface area contributed by atoms with Crippen LogP contribution in [0.1, 0.15) is 0 Å². The van der Waals surface area contributed by atoms with Crippen molar-refractivity contribution in [1.82, 2.24) is 0 Å². The van der Waals surface area contributed by atoms with Crippen LogP contribution in [0.4, 0.5) is 0 Å². The molecule has 0 saturated heterocycles. The summed E-state index contributed by atoms with van der Waals surface area (Å²) in [6.07, 6.45) is 0. The van der Waals surface area contributed by atoms with E-state index in [1.807, 2.05) is 6.55 Å². The smallest absolute Gasteiger partial charge is 0.395 e. The molecule has 0 aromatic rings. The zero-order valence-corrected chi connectivity index (χ0v) is 20.1. The molecule has 25 heavy (non-hydrogen) atoms. The maximum absolute atomic E-state index is 6.14. The van der Waals surface area contributed by atoms with Crippen LogP contribution in [0.3, 0.4) is 0 Å². The highest BCUT2D eigenvalue weighted by atomic mass is 28.5. The van der Waals surface area contributed by atoms with Gasteiger partial charge in [0.2, 0.25) is 0 Å². The predicted molar refractivity (Wildman–Crippen MR) is 104 cm³/mol. The van der Waals surface area contributed by atoms with Crippen molar-refractivity contribution in [3.63, 3.8) is 0 Å². The van der Waals surface area contributed by atoms with Crippen LogP contribution in [0.25, 0.3) is 0 Å². The lowest BCUT2D eigenvalue weighted by Crippen LogP contribution is -2.63. The van der Waals surface area contributed by atoms with Crippen LogP contribution in [-0.4, -0.2) is 70.5 Å². The largest absolute Gasteiger partial charge is 0.521 e. The van der Waals surface area contributed by atoms with Gasteiger partial charge in [0.1, 0.15) is 0 Å². The molecule has 0 aliphatic carbocycles. The molecule has 0 fully saturated rings. The fourth-order valence-electron chi connectivity index (χ4n) is 1.74. The van der Waals surface area contributed by atoms with Crippen LogP contribution in [0, 0.1) is 0 Å². The first-order chi connectivity index (χ1) is 11.6. The molecule has 0 aliphatic heterocycles. The van der Waals surface area contributed by atoms with E-state index in [0.717, 1.165) is 0 Å². The quantitative estimate of drug-likeness (QED) is 0.390. The molecular weight excluding hydrogens is 396 g/mol. The van der Waals surface area contributed by atoms with Gasteiger partial charge >= 0.3 is 35.0 Å². The van der Waals surface area contributed by atoms with E-state index in [9.17, 15) is 0 Å². The zero-order chi connectivity index (χ0) is 19.8. The normalized spacial score (nSPS) is 19.3. The van der Waals surface area contributed by atoms with Gasteiger partial charge in [-0.2, -0.15) is 0 Å². The van der Waals surface area contributed by atoms with E-state index in [1.165, 1.54) is 39.8 Å². The second-order valence-corrected chi connectivity index (χ2v) is 16.9. The van der Waals surface area contributed by atoms with Crippen molar-refractivity contribution >= 4 is 35.0 Å². The number of rotatable bonds is 14. The van der Waals surface area contributed by atoms with Gasteiger partial charge in [-0.3, -0.25) is 0 Å². The molecule has 0 N–H and O–H groups in total. The van der Waals surface area contributed by atoms with Gasteiger partial charge in [-0.1, -0.05) is 18.9 Å². The average Bonchev–Trinajstić information content (AvgIpc) is 2.65. The molecule has 3 atom stereocenters. The third kappa shape index (κ3) is 6.46. The van der Waals surface area contributed by atoms with Gasteiger partial charge in [0, 0.05) is 42.1 Å². The molecule has 0 aromatic heterocycles. The Morgan fingerprint density at radius 3 is 1.32 bits per heavy atom. The Morgan fingerprint density at radius 1 is 0.560 bits per heavy atom. The van der Waals surface area contributed by atoms with Crippen LogP contribution in [0.5, 0.6) is 0 Å². The van der Waals surface area contributed by atoms with Crippen LogP contribution in [-0.2, 0) is 34.5 Å². The zero-order valence-electron chi connectivity index (χ0n) is 16.1. The minimum atomic E-state index is -3.47. The Morgan fingerprint density at radius 2 is 1.04 bits per heavy atom. The molecule has 0 aliphatic rings. The third-order valence-electron chi connectivity index (χ3n) is 3.50. The Balaban J connectivity index is 5.74. The summed E-state index contributed by atoms with van der Waals surface area (Å²) in [6, 6.07) is 0. The Kier molecular flexibility index (Phi) is 10.1. The van der Waals surface area contributed by atoms with Crippen LogP contribution in [0.15, 0.2) is 36.8 Å². The monoisotopic (exact) mass is 426 g/mol. The van der Waals surface area contributed by atoms with Crippen LogP contribution in [0.2, 0.25) is 13.1 Å². The first kappa shape index (κ1) is 24.8. The van der Waals surface area contributed by atoms with Crippen molar-refractivity contribution in [3.05, 3.63) is 36.8 Å². The minimum Gasteiger partial charge on any atom is -0.395 e. The SMILES string of the molecule is C=C[Si](C)(OC)O[Si](C)(OC)O[Si](C=C)(OC)O[Si](C=C)(OC)OC. The number of hydrogen-bond acceptors (Lipinski definition) is 8. The first-order valence-corrected chi connectivity index (χ1v) is 15.6. The Hall–Kier alpha value is -0.232. The second kappa shape index (κ2) is 10.2. The third-order valence-corrected chi connectivity index (χ3v) is 16.5. The van der Waals surface area contributed by atoms with Crippen molar-refractivity contribution in [3.8, 4) is 0 Å². The summed E-state index contributed by atoms with van der Waals surface area (Å²) < 4.78 is 45.6. The fourth-order valence-corrected chi connectivity index (χ4v) is 13.9. The van der Waals surface area contributed by atoms with E-state index in [4.69, 9.17) is 34.5 Å². The summed E-state index contributed by atoms with van der Waals surface area (Å²) >= 11 is 0. The lowest BCUT2D eigenvalue weighted by Gasteiger charge is -2.39. The maximum Gasteiger partial charge on any atom is 0.521 e. The van der Waals surface area contributed by atoms with Gasteiger partial charge in [-0.15, -0.1) is 6.58 Å². The molecule has 0 heterocycles. The Labute approximate surface area is 155 Å². The van der Waals surface area contributed by atoms with Crippen LogP contribution >= 0.6 is 0 Å². The van der Waals surface area contributed by atoms with E-state index >= 15 is 0 Å².